The normalized spacial score (nSPS) is 11.5. The zero-order valence-corrected chi connectivity index (χ0v) is 15.6. The standard InChI is InChI=1S/C19H24N2O4S/c1-16-7-9-18(10-8-16)26(24,25)21(15-19(23)20-12-14-22)13-11-17-5-3-2-4-6-17/h2-10,22H,11-15H2,1H3,(H,20,23). The van der Waals surface area contributed by atoms with Crippen LogP contribution in [0.3, 0.4) is 0 Å². The summed E-state index contributed by atoms with van der Waals surface area (Å²) in [6.07, 6.45) is 0.499. The second kappa shape index (κ2) is 9.47. The van der Waals surface area contributed by atoms with Gasteiger partial charge in [0.25, 0.3) is 0 Å². The van der Waals surface area contributed by atoms with E-state index in [1.165, 1.54) is 4.31 Å². The van der Waals surface area contributed by atoms with Crippen LogP contribution in [-0.4, -0.2) is 50.0 Å². The fourth-order valence-corrected chi connectivity index (χ4v) is 3.85. The molecule has 140 valence electrons. The topological polar surface area (TPSA) is 86.7 Å². The first-order valence-corrected chi connectivity index (χ1v) is 9.86. The maximum atomic E-state index is 13.0. The molecule has 2 aromatic carbocycles. The minimum Gasteiger partial charge on any atom is -0.395 e. The van der Waals surface area contributed by atoms with Crippen molar-refractivity contribution in [2.75, 3.05) is 26.2 Å². The second-order valence-electron chi connectivity index (χ2n) is 5.96. The van der Waals surface area contributed by atoms with Gasteiger partial charge in [-0.05, 0) is 31.0 Å². The van der Waals surface area contributed by atoms with Gasteiger partial charge in [0, 0.05) is 13.1 Å². The summed E-state index contributed by atoms with van der Waals surface area (Å²) in [5, 5.41) is 11.3. The van der Waals surface area contributed by atoms with Gasteiger partial charge < -0.3 is 10.4 Å². The molecule has 0 aromatic heterocycles. The van der Waals surface area contributed by atoms with E-state index in [9.17, 15) is 13.2 Å². The van der Waals surface area contributed by atoms with Crippen LogP contribution in [0.15, 0.2) is 59.5 Å². The highest BCUT2D eigenvalue weighted by molar-refractivity contribution is 7.89. The van der Waals surface area contributed by atoms with Crippen LogP contribution in [0.1, 0.15) is 11.1 Å². The molecule has 0 bridgehead atoms. The van der Waals surface area contributed by atoms with Crippen molar-refractivity contribution in [3.8, 4) is 0 Å². The lowest BCUT2D eigenvalue weighted by atomic mass is 10.1. The summed E-state index contributed by atoms with van der Waals surface area (Å²) >= 11 is 0. The Hall–Kier alpha value is -2.22. The Kier molecular flexibility index (Phi) is 7.32. The highest BCUT2D eigenvalue weighted by atomic mass is 32.2. The van der Waals surface area contributed by atoms with Gasteiger partial charge in [-0.15, -0.1) is 0 Å². The number of nitrogens with zero attached hydrogens (tertiary/aromatic N) is 1. The molecule has 6 nitrogen and oxygen atoms in total. The summed E-state index contributed by atoms with van der Waals surface area (Å²) in [5.74, 6) is -0.442. The number of hydrogen-bond donors (Lipinski definition) is 2. The number of hydrogen-bond acceptors (Lipinski definition) is 4. The molecule has 0 atom stereocenters. The summed E-state index contributed by atoms with van der Waals surface area (Å²) in [5.41, 5.74) is 1.95. The third-order valence-electron chi connectivity index (χ3n) is 3.91. The summed E-state index contributed by atoms with van der Waals surface area (Å²) in [7, 11) is -3.80. The van der Waals surface area contributed by atoms with Crippen LogP contribution < -0.4 is 5.32 Å². The van der Waals surface area contributed by atoms with Gasteiger partial charge in [-0.25, -0.2) is 8.42 Å². The number of aryl methyl sites for hydroxylation is 1. The summed E-state index contributed by atoms with van der Waals surface area (Å²) in [6, 6.07) is 16.1. The molecule has 0 aliphatic rings. The number of aliphatic hydroxyl groups excluding tert-OH is 1. The number of carbonyl (C=O) groups is 1. The van der Waals surface area contributed by atoms with E-state index in [1.54, 1.807) is 24.3 Å². The average Bonchev–Trinajstić information content (AvgIpc) is 2.64. The van der Waals surface area contributed by atoms with Crippen LogP contribution in [0.4, 0.5) is 0 Å². The van der Waals surface area contributed by atoms with Crippen LogP contribution in [-0.2, 0) is 21.2 Å². The molecule has 0 aliphatic carbocycles. The predicted octanol–water partition coefficient (Wildman–Crippen LogP) is 1.34. The van der Waals surface area contributed by atoms with E-state index in [1.807, 2.05) is 37.3 Å². The molecular weight excluding hydrogens is 352 g/mol. The molecule has 0 heterocycles. The number of rotatable bonds is 9. The largest absolute Gasteiger partial charge is 0.395 e. The average molecular weight is 376 g/mol. The molecule has 7 heteroatoms. The minimum atomic E-state index is -3.80. The fraction of sp³-hybridized carbons (Fsp3) is 0.316. The van der Waals surface area contributed by atoms with Crippen molar-refractivity contribution in [2.24, 2.45) is 0 Å². The first-order chi connectivity index (χ1) is 12.4. The van der Waals surface area contributed by atoms with Crippen LogP contribution in [0.5, 0.6) is 0 Å². The zero-order valence-electron chi connectivity index (χ0n) is 14.8. The minimum absolute atomic E-state index is 0.0932. The van der Waals surface area contributed by atoms with Crippen LogP contribution in [0.2, 0.25) is 0 Å². The maximum Gasteiger partial charge on any atom is 0.243 e. The Labute approximate surface area is 154 Å². The lowest BCUT2D eigenvalue weighted by Gasteiger charge is -2.22. The van der Waals surface area contributed by atoms with E-state index in [2.05, 4.69) is 5.32 Å². The monoisotopic (exact) mass is 376 g/mol. The van der Waals surface area contributed by atoms with Crippen molar-refractivity contribution in [1.82, 2.24) is 9.62 Å². The lowest BCUT2D eigenvalue weighted by molar-refractivity contribution is -0.121. The van der Waals surface area contributed by atoms with Crippen molar-refractivity contribution < 1.29 is 18.3 Å². The van der Waals surface area contributed by atoms with Crippen LogP contribution >= 0.6 is 0 Å². The number of nitrogens with one attached hydrogen (secondary N) is 1. The highest BCUT2D eigenvalue weighted by Crippen LogP contribution is 2.17. The number of sulfonamides is 1. The van der Waals surface area contributed by atoms with Gasteiger partial charge in [0.1, 0.15) is 0 Å². The maximum absolute atomic E-state index is 13.0. The van der Waals surface area contributed by atoms with Crippen molar-refractivity contribution in [1.29, 1.82) is 0 Å². The van der Waals surface area contributed by atoms with E-state index in [4.69, 9.17) is 5.11 Å². The molecule has 2 aromatic rings. The summed E-state index contributed by atoms with van der Waals surface area (Å²) in [6.45, 7) is 1.68. The van der Waals surface area contributed by atoms with Gasteiger partial charge in [-0.2, -0.15) is 4.31 Å². The molecule has 0 radical (unpaired) electrons. The molecule has 0 spiro atoms. The molecule has 26 heavy (non-hydrogen) atoms. The van der Waals surface area contributed by atoms with Gasteiger partial charge in [0.2, 0.25) is 15.9 Å². The van der Waals surface area contributed by atoms with E-state index in [0.29, 0.717) is 6.42 Å². The number of aliphatic hydroxyl groups is 1. The molecular formula is C19H24N2O4S. The highest BCUT2D eigenvalue weighted by Gasteiger charge is 2.26. The SMILES string of the molecule is Cc1ccc(S(=O)(=O)N(CCc2ccccc2)CC(=O)NCCO)cc1. The molecule has 0 saturated heterocycles. The Bertz CT molecular complexity index is 805. The second-order valence-corrected chi connectivity index (χ2v) is 7.90. The number of benzene rings is 2. The molecule has 0 unspecified atom stereocenters. The molecule has 2 N–H and O–H groups in total. The lowest BCUT2D eigenvalue weighted by Crippen LogP contribution is -2.42. The van der Waals surface area contributed by atoms with Crippen molar-refractivity contribution in [3.63, 3.8) is 0 Å². The van der Waals surface area contributed by atoms with E-state index in [-0.39, 0.29) is 31.1 Å². The Balaban J connectivity index is 2.20. The smallest absolute Gasteiger partial charge is 0.243 e. The van der Waals surface area contributed by atoms with E-state index >= 15 is 0 Å². The van der Waals surface area contributed by atoms with Crippen LogP contribution in [0, 0.1) is 6.92 Å². The van der Waals surface area contributed by atoms with Crippen molar-refractivity contribution >= 4 is 15.9 Å². The predicted molar refractivity (Wildman–Crippen MR) is 100 cm³/mol. The van der Waals surface area contributed by atoms with Gasteiger partial charge in [-0.3, -0.25) is 4.79 Å². The molecule has 0 fully saturated rings. The summed E-state index contributed by atoms with van der Waals surface area (Å²) < 4.78 is 27.1. The van der Waals surface area contributed by atoms with E-state index < -0.39 is 15.9 Å². The molecule has 0 aliphatic heterocycles. The number of carbonyl (C=O) groups excluding carboxylic acids is 1. The Morgan fingerprint density at radius 1 is 1.08 bits per heavy atom. The summed E-state index contributed by atoms with van der Waals surface area (Å²) in [4.78, 5) is 12.2. The molecule has 2 rings (SSSR count). The first kappa shape index (κ1) is 20.1. The zero-order chi connectivity index (χ0) is 19.0. The third-order valence-corrected chi connectivity index (χ3v) is 5.76. The van der Waals surface area contributed by atoms with Gasteiger partial charge in [0.15, 0.2) is 0 Å². The number of amides is 1. The van der Waals surface area contributed by atoms with Crippen molar-refractivity contribution in [3.05, 3.63) is 65.7 Å². The van der Waals surface area contributed by atoms with Gasteiger partial charge in [-0.1, -0.05) is 48.0 Å². The quantitative estimate of drug-likeness (QED) is 0.691. The van der Waals surface area contributed by atoms with Gasteiger partial charge in [0.05, 0.1) is 18.0 Å². The van der Waals surface area contributed by atoms with Gasteiger partial charge >= 0.3 is 0 Å². The Morgan fingerprint density at radius 2 is 1.73 bits per heavy atom. The molecule has 0 saturated carbocycles. The molecule has 1 amide bonds. The van der Waals surface area contributed by atoms with Crippen molar-refractivity contribution in [2.45, 2.75) is 18.2 Å². The first-order valence-electron chi connectivity index (χ1n) is 8.42. The van der Waals surface area contributed by atoms with Crippen LogP contribution in [0.25, 0.3) is 0 Å². The van der Waals surface area contributed by atoms with E-state index in [0.717, 1.165) is 11.1 Å². The Morgan fingerprint density at radius 3 is 2.35 bits per heavy atom. The third kappa shape index (κ3) is 5.66. The fourth-order valence-electron chi connectivity index (χ4n) is 2.45.